The molecule has 31 heavy (non-hydrogen) atoms. The summed E-state index contributed by atoms with van der Waals surface area (Å²) in [5, 5.41) is 11.5. The number of hydrogen-bond acceptors (Lipinski definition) is 6. The molecular formula is C22H21BrN4O3S. The molecule has 0 saturated heterocycles. The largest absolute Gasteiger partial charge is 0.503 e. The van der Waals surface area contributed by atoms with E-state index in [-0.39, 0.29) is 11.4 Å². The predicted molar refractivity (Wildman–Crippen MR) is 121 cm³/mol. The molecule has 2 aromatic heterocycles. The number of ketones is 1. The maximum atomic E-state index is 13.5. The van der Waals surface area contributed by atoms with Crippen LogP contribution in [0.1, 0.15) is 38.4 Å². The van der Waals surface area contributed by atoms with Gasteiger partial charge in [-0.15, -0.1) is 11.3 Å². The highest BCUT2D eigenvalue weighted by atomic mass is 79.9. The van der Waals surface area contributed by atoms with Crippen molar-refractivity contribution in [2.75, 3.05) is 6.54 Å². The van der Waals surface area contributed by atoms with Crippen LogP contribution in [0.4, 0.5) is 0 Å². The van der Waals surface area contributed by atoms with E-state index in [4.69, 9.17) is 0 Å². The van der Waals surface area contributed by atoms with Crippen molar-refractivity contribution in [3.8, 4) is 0 Å². The van der Waals surface area contributed by atoms with Gasteiger partial charge in [0.25, 0.3) is 5.91 Å². The Kier molecular flexibility index (Phi) is 6.06. The van der Waals surface area contributed by atoms with Crippen LogP contribution < -0.4 is 0 Å². The number of nitrogens with zero attached hydrogens (tertiary/aromatic N) is 4. The Morgan fingerprint density at radius 1 is 1.26 bits per heavy atom. The van der Waals surface area contributed by atoms with E-state index in [1.807, 2.05) is 42.0 Å². The second-order valence-electron chi connectivity index (χ2n) is 7.32. The molecule has 0 radical (unpaired) electrons. The second-order valence-corrected chi connectivity index (χ2v) is 9.37. The number of thiazole rings is 1. The normalized spacial score (nSPS) is 16.4. The summed E-state index contributed by atoms with van der Waals surface area (Å²) >= 11 is 4.82. The van der Waals surface area contributed by atoms with Crippen LogP contribution in [-0.2, 0) is 11.3 Å². The van der Waals surface area contributed by atoms with E-state index in [1.165, 1.54) is 11.3 Å². The Morgan fingerprint density at radius 2 is 2.03 bits per heavy atom. The zero-order chi connectivity index (χ0) is 22.1. The van der Waals surface area contributed by atoms with E-state index in [9.17, 15) is 14.7 Å². The van der Waals surface area contributed by atoms with Crippen molar-refractivity contribution in [1.29, 1.82) is 0 Å². The lowest BCUT2D eigenvalue weighted by Gasteiger charge is -2.27. The third kappa shape index (κ3) is 4.07. The molecule has 0 saturated carbocycles. The average molecular weight is 501 g/mol. The van der Waals surface area contributed by atoms with Gasteiger partial charge in [-0.05, 0) is 31.9 Å². The van der Waals surface area contributed by atoms with Gasteiger partial charge in [-0.3, -0.25) is 9.59 Å². The van der Waals surface area contributed by atoms with E-state index in [2.05, 4.69) is 25.9 Å². The number of aliphatic hydroxyl groups is 1. The summed E-state index contributed by atoms with van der Waals surface area (Å²) in [6.45, 7) is 4.64. The summed E-state index contributed by atoms with van der Waals surface area (Å²) in [4.78, 5) is 36.9. The van der Waals surface area contributed by atoms with Gasteiger partial charge in [-0.2, -0.15) is 0 Å². The molecule has 4 rings (SSSR count). The van der Waals surface area contributed by atoms with Crippen molar-refractivity contribution in [2.45, 2.75) is 32.9 Å². The van der Waals surface area contributed by atoms with E-state index in [1.54, 1.807) is 24.3 Å². The number of aryl methyl sites for hydroxylation is 3. The van der Waals surface area contributed by atoms with Crippen molar-refractivity contribution in [2.24, 2.45) is 0 Å². The predicted octanol–water partition coefficient (Wildman–Crippen LogP) is 4.39. The zero-order valence-corrected chi connectivity index (χ0v) is 19.5. The summed E-state index contributed by atoms with van der Waals surface area (Å²) in [7, 11) is 0. The minimum atomic E-state index is -0.680. The molecule has 1 aliphatic rings. The Hall–Kier alpha value is -2.78. The maximum Gasteiger partial charge on any atom is 0.290 e. The molecule has 1 amide bonds. The lowest BCUT2D eigenvalue weighted by Crippen LogP contribution is -2.32. The van der Waals surface area contributed by atoms with E-state index in [0.29, 0.717) is 30.1 Å². The number of hydrogen-bond donors (Lipinski definition) is 1. The van der Waals surface area contributed by atoms with Crippen LogP contribution >= 0.6 is 27.3 Å². The topological polar surface area (TPSA) is 88.3 Å². The molecule has 0 bridgehead atoms. The van der Waals surface area contributed by atoms with Gasteiger partial charge < -0.3 is 14.6 Å². The number of benzene rings is 1. The van der Waals surface area contributed by atoms with Crippen LogP contribution in [0, 0.1) is 13.8 Å². The molecule has 160 valence electrons. The van der Waals surface area contributed by atoms with Crippen molar-refractivity contribution in [3.05, 3.63) is 79.9 Å². The van der Waals surface area contributed by atoms with Crippen LogP contribution in [-0.4, -0.2) is 42.8 Å². The molecule has 9 heteroatoms. The quantitative estimate of drug-likeness (QED) is 0.486. The summed E-state index contributed by atoms with van der Waals surface area (Å²) in [6, 6.07) is 6.77. The van der Waals surface area contributed by atoms with Crippen molar-refractivity contribution < 1.29 is 14.7 Å². The Labute approximate surface area is 192 Å². The number of aromatic nitrogens is 3. The van der Waals surface area contributed by atoms with Crippen molar-refractivity contribution in [1.82, 2.24) is 19.4 Å². The van der Waals surface area contributed by atoms with Crippen molar-refractivity contribution in [3.63, 3.8) is 0 Å². The number of carbonyl (C=O) groups is 2. The first-order valence-electron chi connectivity index (χ1n) is 9.81. The average Bonchev–Trinajstić information content (AvgIpc) is 3.43. The van der Waals surface area contributed by atoms with Crippen LogP contribution in [0.3, 0.4) is 0 Å². The standard InChI is InChI=1S/C22H21BrN4O3S/c1-13-21(31-14(2)25-13)19(28)17-18(15-6-3-4-7-16(15)23)27(22(30)20(17)29)10-5-9-26-11-8-24-12-26/h3-4,6-8,11-12,18,29H,5,9-10H2,1-2H3. The minimum absolute atomic E-state index is 0.103. The van der Waals surface area contributed by atoms with Crippen LogP contribution in [0.5, 0.6) is 0 Å². The first-order chi connectivity index (χ1) is 14.9. The summed E-state index contributed by atoms with van der Waals surface area (Å²) in [5.41, 5.74) is 1.46. The van der Waals surface area contributed by atoms with Gasteiger partial charge >= 0.3 is 0 Å². The lowest BCUT2D eigenvalue weighted by molar-refractivity contribution is -0.129. The number of halogens is 1. The van der Waals surface area contributed by atoms with E-state index >= 15 is 0 Å². The van der Waals surface area contributed by atoms with Gasteiger partial charge in [0.2, 0.25) is 5.78 Å². The third-order valence-corrected chi connectivity index (χ3v) is 7.03. The van der Waals surface area contributed by atoms with Gasteiger partial charge in [-0.1, -0.05) is 34.1 Å². The fourth-order valence-electron chi connectivity index (χ4n) is 3.84. The minimum Gasteiger partial charge on any atom is -0.503 e. The van der Waals surface area contributed by atoms with E-state index in [0.717, 1.165) is 15.0 Å². The first-order valence-corrected chi connectivity index (χ1v) is 11.4. The van der Waals surface area contributed by atoms with Gasteiger partial charge in [0, 0.05) is 30.0 Å². The fourth-order valence-corrected chi connectivity index (χ4v) is 5.22. The summed E-state index contributed by atoms with van der Waals surface area (Å²) in [6.07, 6.45) is 5.93. The molecule has 7 nitrogen and oxygen atoms in total. The molecule has 0 aliphatic carbocycles. The lowest BCUT2D eigenvalue weighted by atomic mass is 9.95. The van der Waals surface area contributed by atoms with Crippen LogP contribution in [0.25, 0.3) is 0 Å². The number of aliphatic hydroxyl groups excluding tert-OH is 1. The van der Waals surface area contributed by atoms with Crippen LogP contribution in [0.15, 0.2) is 58.8 Å². The molecule has 3 heterocycles. The number of rotatable bonds is 7. The Balaban J connectivity index is 1.71. The van der Waals surface area contributed by atoms with Crippen molar-refractivity contribution >= 4 is 39.0 Å². The highest BCUT2D eigenvalue weighted by Crippen LogP contribution is 2.42. The SMILES string of the molecule is Cc1nc(C)c(C(=O)C2=C(O)C(=O)N(CCCn3ccnc3)C2c2ccccc2Br)s1. The van der Waals surface area contributed by atoms with E-state index < -0.39 is 17.7 Å². The molecule has 3 aromatic rings. The number of Topliss-reactive ketones (excluding diaryl/α,β-unsaturated/α-hetero) is 1. The number of carbonyl (C=O) groups excluding carboxylic acids is 2. The number of amides is 1. The Bertz CT molecular complexity index is 1170. The van der Waals surface area contributed by atoms with Gasteiger partial charge in [0.05, 0.1) is 33.5 Å². The van der Waals surface area contributed by atoms with Gasteiger partial charge in [0.15, 0.2) is 5.76 Å². The van der Waals surface area contributed by atoms with Crippen LogP contribution in [0.2, 0.25) is 0 Å². The molecular weight excluding hydrogens is 480 g/mol. The smallest absolute Gasteiger partial charge is 0.290 e. The Morgan fingerprint density at radius 3 is 2.68 bits per heavy atom. The summed E-state index contributed by atoms with van der Waals surface area (Å²) in [5.74, 6) is -1.38. The molecule has 1 aliphatic heterocycles. The van der Waals surface area contributed by atoms with Gasteiger partial charge in [-0.25, -0.2) is 9.97 Å². The second kappa shape index (κ2) is 8.76. The monoisotopic (exact) mass is 500 g/mol. The zero-order valence-electron chi connectivity index (χ0n) is 17.1. The fraction of sp³-hybridized carbons (Fsp3) is 0.273. The van der Waals surface area contributed by atoms with Gasteiger partial charge in [0.1, 0.15) is 0 Å². The molecule has 0 spiro atoms. The maximum absolute atomic E-state index is 13.5. The molecule has 1 unspecified atom stereocenters. The first kappa shape index (κ1) is 21.5. The molecule has 1 N–H and O–H groups in total. The molecule has 0 fully saturated rings. The molecule has 1 atom stereocenters. The highest BCUT2D eigenvalue weighted by molar-refractivity contribution is 9.10. The molecule has 1 aromatic carbocycles. The number of imidazole rings is 1. The highest BCUT2D eigenvalue weighted by Gasteiger charge is 2.44. The third-order valence-electron chi connectivity index (χ3n) is 5.23. The summed E-state index contributed by atoms with van der Waals surface area (Å²) < 4.78 is 2.70.